The second kappa shape index (κ2) is 31.2. The molecule has 1 fully saturated rings. The van der Waals surface area contributed by atoms with E-state index >= 15 is 0 Å². The molecule has 0 bridgehead atoms. The summed E-state index contributed by atoms with van der Waals surface area (Å²) in [6, 6.07) is 4.30. The van der Waals surface area contributed by atoms with Crippen molar-refractivity contribution in [3.8, 4) is 0 Å². The molecule has 1 aromatic carbocycles. The molecule has 0 unspecified atom stereocenters. The summed E-state index contributed by atoms with van der Waals surface area (Å²) in [5.74, 6) is -14.5. The molecule has 0 saturated carbocycles. The van der Waals surface area contributed by atoms with Crippen LogP contribution in [0.5, 0.6) is 0 Å². The maximum Gasteiger partial charge on any atom is 0.326 e. The zero-order valence-corrected chi connectivity index (χ0v) is 43.5. The van der Waals surface area contributed by atoms with Crippen LogP contribution < -0.4 is 44.2 Å². The van der Waals surface area contributed by atoms with E-state index < -0.39 is 132 Å². The molecule has 0 aliphatic carbocycles. The molecule has 1 saturated heterocycles. The highest BCUT2D eigenvalue weighted by atomic mass is 16.5. The van der Waals surface area contributed by atoms with Crippen LogP contribution in [0.15, 0.2) is 76.4 Å². The summed E-state index contributed by atoms with van der Waals surface area (Å²) >= 11 is 0. The van der Waals surface area contributed by atoms with Crippen LogP contribution in [0, 0.1) is 29.6 Å². The number of methoxy groups -OCH3 is 1. The van der Waals surface area contributed by atoms with Crippen LogP contribution in [0.1, 0.15) is 91.5 Å². The maximum atomic E-state index is 14.5. The monoisotopic (exact) mass is 1040 g/mol. The number of amides is 5. The Bertz CT molecular complexity index is 2280. The highest BCUT2D eigenvalue weighted by Gasteiger charge is 2.38. The lowest BCUT2D eigenvalue weighted by Crippen LogP contribution is -2.52. The molecule has 74 heavy (non-hydrogen) atoms. The summed E-state index contributed by atoms with van der Waals surface area (Å²) in [4.78, 5) is 131. The predicted octanol–water partition coefficient (Wildman–Crippen LogP) is 0.807. The number of carboxylic acid groups (broad SMARTS) is 2. The Kier molecular flexibility index (Phi) is 26.5. The molecule has 0 radical (unpaired) electrons. The number of guanidine groups is 2. The molecule has 1 heterocycles. The van der Waals surface area contributed by atoms with Crippen LogP contribution in [-0.4, -0.2) is 138 Å². The largest absolute Gasteiger partial charge is 0.481 e. The summed E-state index contributed by atoms with van der Waals surface area (Å²) in [6.07, 6.45) is 3.63. The van der Waals surface area contributed by atoms with Gasteiger partial charge in [-0.3, -0.25) is 48.3 Å². The number of ketones is 2. The van der Waals surface area contributed by atoms with Gasteiger partial charge in [-0.2, -0.15) is 0 Å². The van der Waals surface area contributed by atoms with Crippen molar-refractivity contribution < 1.29 is 58.1 Å². The summed E-state index contributed by atoms with van der Waals surface area (Å²) in [7, 11) is 2.82. The number of rotatable bonds is 17. The Morgan fingerprint density at radius 3 is 2.00 bits per heavy atom. The van der Waals surface area contributed by atoms with Crippen LogP contribution in [0.4, 0.5) is 0 Å². The number of aliphatic imine (C=N–C) groups is 2. The van der Waals surface area contributed by atoms with Crippen LogP contribution in [0.3, 0.4) is 0 Å². The fraction of sp³-hybridized carbons (Fsp3) is 0.549. The summed E-state index contributed by atoms with van der Waals surface area (Å²) in [6.45, 7) is 11.6. The number of allylic oxidation sites excluding steroid dienone is 2. The van der Waals surface area contributed by atoms with Crippen molar-refractivity contribution in [2.45, 2.75) is 123 Å². The van der Waals surface area contributed by atoms with E-state index in [1.54, 1.807) is 19.3 Å². The Morgan fingerprint density at radius 1 is 0.824 bits per heavy atom. The quantitative estimate of drug-likeness (QED) is 0.0339. The zero-order chi connectivity index (χ0) is 55.8. The lowest BCUT2D eigenvalue weighted by atomic mass is 9.81. The van der Waals surface area contributed by atoms with Crippen molar-refractivity contribution in [2.24, 2.45) is 62.5 Å². The number of carbonyl (C=O) groups excluding carboxylic acids is 7. The van der Waals surface area contributed by atoms with Crippen molar-refractivity contribution in [3.05, 3.63) is 72.0 Å². The minimum absolute atomic E-state index is 0.000367. The highest BCUT2D eigenvalue weighted by Crippen LogP contribution is 2.25. The van der Waals surface area contributed by atoms with E-state index in [1.165, 1.54) is 27.8 Å². The average Bonchev–Trinajstić information content (AvgIpc) is 3.34. The first-order valence-electron chi connectivity index (χ1n) is 24.5. The lowest BCUT2D eigenvalue weighted by molar-refractivity contribution is -0.149. The third-order valence-electron chi connectivity index (χ3n) is 12.9. The SMILES string of the molecule is C=C1C(=O)N[C@H](C)C(=O)N[C@@H](CCCN=C(N)N)C(=O)C[C@@H](C(=O)O)[C@H](C)C(=O)C[C@@H](CCCN=C(N)N)C(=O)N[C@@H](/C=C/C(C)=C/[C@H](C)[C@H](Cc2ccccc2)OC)[C@H](C)C(=O)N[C@@H](C(=O)O)CCC(=O)N1C. The second-order valence-electron chi connectivity index (χ2n) is 18.7. The van der Waals surface area contributed by atoms with Crippen LogP contribution >= 0.6 is 0 Å². The molecule has 23 nitrogen and oxygen atoms in total. The van der Waals surface area contributed by atoms with E-state index in [2.05, 4.69) is 37.8 Å². The predicted molar refractivity (Wildman–Crippen MR) is 277 cm³/mol. The number of ether oxygens (including phenoxy) is 1. The van der Waals surface area contributed by atoms with Crippen molar-refractivity contribution >= 4 is 65.0 Å². The van der Waals surface area contributed by atoms with Gasteiger partial charge in [0.2, 0.25) is 23.6 Å². The average molecular weight is 1040 g/mol. The van der Waals surface area contributed by atoms with Gasteiger partial charge in [0.25, 0.3) is 5.91 Å². The van der Waals surface area contributed by atoms with E-state index in [-0.39, 0.29) is 62.7 Å². The lowest BCUT2D eigenvalue weighted by Gasteiger charge is -2.27. The first-order chi connectivity index (χ1) is 34.8. The minimum Gasteiger partial charge on any atom is -0.481 e. The summed E-state index contributed by atoms with van der Waals surface area (Å²) in [5, 5.41) is 30.9. The fourth-order valence-electron chi connectivity index (χ4n) is 8.07. The van der Waals surface area contributed by atoms with Crippen molar-refractivity contribution in [3.63, 3.8) is 0 Å². The van der Waals surface area contributed by atoms with Gasteiger partial charge in [-0.1, -0.05) is 81.5 Å². The molecule has 1 aliphatic heterocycles. The number of likely N-dealkylation sites (N-methyl/N-ethyl adjacent to an activating group) is 1. The van der Waals surface area contributed by atoms with E-state index in [0.717, 1.165) is 10.5 Å². The number of aliphatic carboxylic acids is 2. The number of benzene rings is 1. The molecule has 408 valence electrons. The van der Waals surface area contributed by atoms with Gasteiger partial charge >= 0.3 is 11.9 Å². The van der Waals surface area contributed by atoms with E-state index in [4.69, 9.17) is 27.7 Å². The number of hydrogen-bond donors (Lipinski definition) is 10. The topological polar surface area (TPSA) is 383 Å². The highest BCUT2D eigenvalue weighted by molar-refractivity contribution is 6.00. The molecule has 23 heteroatoms. The van der Waals surface area contributed by atoms with Crippen molar-refractivity contribution in [1.82, 2.24) is 26.2 Å². The Morgan fingerprint density at radius 2 is 1.43 bits per heavy atom. The maximum absolute atomic E-state index is 14.5. The Labute approximate surface area is 432 Å². The number of Topliss-reactive ketones (excluding diaryl/α,β-unsaturated/α-hetero) is 2. The Balaban J connectivity index is 2.74. The zero-order valence-electron chi connectivity index (χ0n) is 43.5. The molecular weight excluding hydrogens is 959 g/mol. The molecule has 2 rings (SSSR count). The fourth-order valence-corrected chi connectivity index (χ4v) is 8.07. The number of hydrogen-bond acceptors (Lipinski definition) is 12. The van der Waals surface area contributed by atoms with Gasteiger partial charge in [-0.15, -0.1) is 0 Å². The number of nitrogens with zero attached hydrogens (tertiary/aromatic N) is 3. The molecule has 14 N–H and O–H groups in total. The van der Waals surface area contributed by atoms with Gasteiger partial charge in [0.15, 0.2) is 17.7 Å². The van der Waals surface area contributed by atoms with E-state index in [9.17, 15) is 53.4 Å². The normalized spacial score (nSPS) is 24.8. The number of carboxylic acids is 2. The molecule has 1 aliphatic rings. The molecular formula is C51H77N11O12. The van der Waals surface area contributed by atoms with Gasteiger partial charge in [0, 0.05) is 64.3 Å². The number of carbonyl (C=O) groups is 9. The van der Waals surface area contributed by atoms with Crippen LogP contribution in [0.25, 0.3) is 0 Å². The van der Waals surface area contributed by atoms with E-state index in [1.807, 2.05) is 50.3 Å². The van der Waals surface area contributed by atoms with Gasteiger partial charge in [0.05, 0.1) is 30.0 Å². The number of nitrogens with one attached hydrogen (secondary N) is 4. The summed E-state index contributed by atoms with van der Waals surface area (Å²) in [5.41, 5.74) is 23.3. The van der Waals surface area contributed by atoms with Crippen molar-refractivity contribution in [1.29, 1.82) is 0 Å². The van der Waals surface area contributed by atoms with Gasteiger partial charge in [-0.05, 0) is 57.9 Å². The first kappa shape index (κ1) is 62.7. The smallest absolute Gasteiger partial charge is 0.326 e. The van der Waals surface area contributed by atoms with E-state index in [0.29, 0.717) is 12.0 Å². The first-order valence-corrected chi connectivity index (χ1v) is 24.5. The van der Waals surface area contributed by atoms with Crippen LogP contribution in [0.2, 0.25) is 0 Å². The van der Waals surface area contributed by atoms with Gasteiger partial charge in [0.1, 0.15) is 23.6 Å². The summed E-state index contributed by atoms with van der Waals surface area (Å²) < 4.78 is 5.82. The standard InChI is InChI=1S/C51H77N11O12/c1-28(24-29(2)42(74-8)25-34-14-10-9-11-15-34)18-19-37-31(4)44(66)61-39(49(72)73)20-21-43(65)62(7)33(6)46(68)58-32(5)45(67)60-38(17-13-23-57-51(54)55)41(64)27-36(48(70)71)30(3)40(63)26-35(47(69)59-37)16-12-22-56-50(52)53/h9-11,14-15,18-19,24,29-32,35-39,42H,6,12-13,16-17,20-23,25-27H2,1-5,7-8H3,(H,58,68)(H,59,69)(H,60,67)(H,61,66)(H,70,71)(H,72,73)(H4,52,53,56)(H4,54,55,57)/b19-18+,28-24+/t29-,30-,31-,32+,35+,36+,37-,38-,39+,42-/m0/s1. The van der Waals surface area contributed by atoms with Gasteiger partial charge in [-0.25, -0.2) is 4.79 Å². The third kappa shape index (κ3) is 21.3. The van der Waals surface area contributed by atoms with Gasteiger partial charge < -0.3 is 64.1 Å². The molecule has 1 aromatic rings. The minimum atomic E-state index is -1.63. The molecule has 0 aromatic heterocycles. The molecule has 5 amide bonds. The number of nitrogens with two attached hydrogens (primary N) is 4. The van der Waals surface area contributed by atoms with Crippen LogP contribution in [-0.2, 0) is 54.3 Å². The molecule has 0 spiro atoms. The second-order valence-corrected chi connectivity index (χ2v) is 18.7. The van der Waals surface area contributed by atoms with Crippen molar-refractivity contribution in [2.75, 3.05) is 27.2 Å². The Hall–Kier alpha value is -7.43. The third-order valence-corrected chi connectivity index (χ3v) is 12.9. The molecule has 10 atom stereocenters.